The second-order valence-electron chi connectivity index (χ2n) is 3.26. The molecule has 0 heterocycles. The van der Waals surface area contributed by atoms with E-state index in [2.05, 4.69) is 5.32 Å². The molecule has 1 amide bonds. The van der Waals surface area contributed by atoms with Gasteiger partial charge in [-0.3, -0.25) is 9.59 Å². The number of aliphatic carboxylic acids is 1. The minimum atomic E-state index is -1.05. The van der Waals surface area contributed by atoms with Crippen molar-refractivity contribution in [2.75, 3.05) is 6.26 Å². The van der Waals surface area contributed by atoms with Crippen LogP contribution in [-0.4, -0.2) is 29.3 Å². The third-order valence-corrected chi connectivity index (χ3v) is 2.81. The number of carbonyl (C=O) groups is 2. The zero-order valence-corrected chi connectivity index (χ0v) is 9.88. The van der Waals surface area contributed by atoms with Crippen LogP contribution in [0.5, 0.6) is 0 Å². The topological polar surface area (TPSA) is 66.4 Å². The molecular weight excluding hydrogens is 226 g/mol. The van der Waals surface area contributed by atoms with Crippen molar-refractivity contribution in [1.82, 2.24) is 5.32 Å². The quantitative estimate of drug-likeness (QED) is 0.783. The van der Waals surface area contributed by atoms with Crippen molar-refractivity contribution < 1.29 is 14.7 Å². The number of carbonyl (C=O) groups excluding carboxylic acids is 1. The fourth-order valence-electron chi connectivity index (χ4n) is 1.08. The predicted octanol–water partition coefficient (Wildman–Crippen LogP) is 1.61. The highest BCUT2D eigenvalue weighted by Crippen LogP contribution is 2.14. The SMILES string of the molecule is CSc1ccc(C(=O)NC(C)C(=O)O)cc1. The Morgan fingerprint density at radius 2 is 1.88 bits per heavy atom. The molecule has 0 radical (unpaired) electrons. The summed E-state index contributed by atoms with van der Waals surface area (Å²) >= 11 is 1.58. The summed E-state index contributed by atoms with van der Waals surface area (Å²) in [5, 5.41) is 11.0. The van der Waals surface area contributed by atoms with Crippen LogP contribution in [0.1, 0.15) is 17.3 Å². The van der Waals surface area contributed by atoms with E-state index in [1.807, 2.05) is 18.4 Å². The number of carboxylic acid groups (broad SMARTS) is 1. The lowest BCUT2D eigenvalue weighted by Gasteiger charge is -2.09. The van der Waals surface area contributed by atoms with Gasteiger partial charge in [-0.25, -0.2) is 0 Å². The average molecular weight is 239 g/mol. The highest BCUT2D eigenvalue weighted by atomic mass is 32.2. The Morgan fingerprint density at radius 3 is 2.31 bits per heavy atom. The molecule has 1 unspecified atom stereocenters. The summed E-state index contributed by atoms with van der Waals surface area (Å²) in [6, 6.07) is 6.12. The number of carboxylic acids is 1. The predicted molar refractivity (Wildman–Crippen MR) is 62.8 cm³/mol. The molecule has 4 nitrogen and oxygen atoms in total. The van der Waals surface area contributed by atoms with Gasteiger partial charge in [0.1, 0.15) is 6.04 Å². The lowest BCUT2D eigenvalue weighted by Crippen LogP contribution is -2.38. The second-order valence-corrected chi connectivity index (χ2v) is 4.14. The molecule has 0 aromatic heterocycles. The van der Waals surface area contributed by atoms with Gasteiger partial charge in [-0.05, 0) is 37.4 Å². The number of hydrogen-bond donors (Lipinski definition) is 2. The molecule has 0 saturated carbocycles. The lowest BCUT2D eigenvalue weighted by molar-refractivity contribution is -0.138. The van der Waals surface area contributed by atoms with E-state index < -0.39 is 12.0 Å². The Labute approximate surface area is 98.0 Å². The molecule has 1 atom stereocenters. The third-order valence-electron chi connectivity index (χ3n) is 2.07. The smallest absolute Gasteiger partial charge is 0.325 e. The molecule has 1 rings (SSSR count). The Morgan fingerprint density at radius 1 is 1.31 bits per heavy atom. The molecule has 0 aliphatic heterocycles. The molecule has 0 fully saturated rings. The Bertz CT molecular complexity index is 389. The normalized spacial score (nSPS) is 11.9. The highest BCUT2D eigenvalue weighted by molar-refractivity contribution is 7.98. The molecule has 5 heteroatoms. The van der Waals surface area contributed by atoms with Gasteiger partial charge in [-0.15, -0.1) is 11.8 Å². The van der Waals surface area contributed by atoms with Gasteiger partial charge < -0.3 is 10.4 Å². The van der Waals surface area contributed by atoms with Crippen molar-refractivity contribution in [3.63, 3.8) is 0 Å². The van der Waals surface area contributed by atoms with Crippen molar-refractivity contribution in [2.24, 2.45) is 0 Å². The van der Waals surface area contributed by atoms with Crippen molar-refractivity contribution >= 4 is 23.6 Å². The fraction of sp³-hybridized carbons (Fsp3) is 0.273. The third kappa shape index (κ3) is 3.27. The number of thioether (sulfide) groups is 1. The number of hydrogen-bond acceptors (Lipinski definition) is 3. The minimum Gasteiger partial charge on any atom is -0.480 e. The van der Waals surface area contributed by atoms with E-state index in [-0.39, 0.29) is 5.91 Å². The molecule has 16 heavy (non-hydrogen) atoms. The van der Waals surface area contributed by atoms with Gasteiger partial charge >= 0.3 is 5.97 Å². The molecule has 0 saturated heterocycles. The lowest BCUT2D eigenvalue weighted by atomic mass is 10.2. The van der Waals surface area contributed by atoms with Crippen molar-refractivity contribution in [3.8, 4) is 0 Å². The van der Waals surface area contributed by atoms with Crippen LogP contribution < -0.4 is 5.32 Å². The van der Waals surface area contributed by atoms with Gasteiger partial charge in [-0.1, -0.05) is 0 Å². The summed E-state index contributed by atoms with van der Waals surface area (Å²) in [4.78, 5) is 23.2. The second kappa shape index (κ2) is 5.55. The number of benzene rings is 1. The summed E-state index contributed by atoms with van der Waals surface area (Å²) in [6.45, 7) is 1.43. The van der Waals surface area contributed by atoms with Crippen molar-refractivity contribution in [3.05, 3.63) is 29.8 Å². The molecule has 1 aromatic carbocycles. The van der Waals surface area contributed by atoms with Gasteiger partial charge in [0.05, 0.1) is 0 Å². The van der Waals surface area contributed by atoms with E-state index in [1.165, 1.54) is 6.92 Å². The summed E-state index contributed by atoms with van der Waals surface area (Å²) < 4.78 is 0. The summed E-state index contributed by atoms with van der Waals surface area (Å²) in [5.74, 6) is -1.42. The fourth-order valence-corrected chi connectivity index (χ4v) is 1.49. The molecule has 2 N–H and O–H groups in total. The standard InChI is InChI=1S/C11H13NO3S/c1-7(11(14)15)12-10(13)8-3-5-9(16-2)6-4-8/h3-7H,1-2H3,(H,12,13)(H,14,15). The largest absolute Gasteiger partial charge is 0.480 e. The van der Waals surface area contributed by atoms with E-state index in [0.717, 1.165) is 4.90 Å². The van der Waals surface area contributed by atoms with Crippen LogP contribution in [0.4, 0.5) is 0 Å². The first kappa shape index (κ1) is 12.6. The van der Waals surface area contributed by atoms with Crippen molar-refractivity contribution in [1.29, 1.82) is 0 Å². The maximum atomic E-state index is 11.6. The molecular formula is C11H13NO3S. The molecule has 0 spiro atoms. The molecule has 1 aromatic rings. The van der Waals surface area contributed by atoms with E-state index >= 15 is 0 Å². The van der Waals surface area contributed by atoms with Crippen LogP contribution >= 0.6 is 11.8 Å². The first-order valence-corrected chi connectivity index (χ1v) is 5.95. The average Bonchev–Trinajstić information content (AvgIpc) is 2.28. The Hall–Kier alpha value is -1.49. The highest BCUT2D eigenvalue weighted by Gasteiger charge is 2.14. The molecule has 0 aliphatic carbocycles. The van der Waals surface area contributed by atoms with E-state index in [9.17, 15) is 9.59 Å². The number of amides is 1. The van der Waals surface area contributed by atoms with Crippen LogP contribution in [-0.2, 0) is 4.79 Å². The zero-order valence-electron chi connectivity index (χ0n) is 9.06. The van der Waals surface area contributed by atoms with Crippen LogP contribution in [0.25, 0.3) is 0 Å². The first-order chi connectivity index (χ1) is 7.54. The maximum Gasteiger partial charge on any atom is 0.325 e. The molecule has 0 bridgehead atoms. The summed E-state index contributed by atoms with van der Waals surface area (Å²) in [7, 11) is 0. The van der Waals surface area contributed by atoms with E-state index in [1.54, 1.807) is 23.9 Å². The van der Waals surface area contributed by atoms with Crippen LogP contribution in [0.3, 0.4) is 0 Å². The van der Waals surface area contributed by atoms with Crippen LogP contribution in [0.2, 0.25) is 0 Å². The van der Waals surface area contributed by atoms with Gasteiger partial charge in [0.15, 0.2) is 0 Å². The Balaban J connectivity index is 2.69. The zero-order chi connectivity index (χ0) is 12.1. The van der Waals surface area contributed by atoms with E-state index in [4.69, 9.17) is 5.11 Å². The van der Waals surface area contributed by atoms with Crippen LogP contribution in [0, 0.1) is 0 Å². The van der Waals surface area contributed by atoms with Gasteiger partial charge in [0.2, 0.25) is 0 Å². The summed E-state index contributed by atoms with van der Waals surface area (Å²) in [6.07, 6.45) is 1.95. The molecule has 0 aliphatic rings. The maximum absolute atomic E-state index is 11.6. The minimum absolute atomic E-state index is 0.373. The van der Waals surface area contributed by atoms with E-state index in [0.29, 0.717) is 5.56 Å². The van der Waals surface area contributed by atoms with Crippen molar-refractivity contribution in [2.45, 2.75) is 17.9 Å². The van der Waals surface area contributed by atoms with Crippen LogP contribution in [0.15, 0.2) is 29.2 Å². The Kier molecular flexibility index (Phi) is 4.37. The monoisotopic (exact) mass is 239 g/mol. The van der Waals surface area contributed by atoms with Gasteiger partial charge in [0.25, 0.3) is 5.91 Å². The van der Waals surface area contributed by atoms with Gasteiger partial charge in [0, 0.05) is 10.5 Å². The molecule has 86 valence electrons. The first-order valence-electron chi connectivity index (χ1n) is 4.72. The summed E-state index contributed by atoms with van der Waals surface area (Å²) in [5.41, 5.74) is 0.464. The number of rotatable bonds is 4. The number of nitrogens with one attached hydrogen (secondary N) is 1. The van der Waals surface area contributed by atoms with Gasteiger partial charge in [-0.2, -0.15) is 0 Å².